The van der Waals surface area contributed by atoms with Crippen LogP contribution in [0.1, 0.15) is 63.9 Å². The van der Waals surface area contributed by atoms with Gasteiger partial charge in [0, 0.05) is 13.1 Å². The fraction of sp³-hybridized carbons (Fsp3) is 0.391. The van der Waals surface area contributed by atoms with Crippen molar-refractivity contribution >= 4 is 57.0 Å². The lowest BCUT2D eigenvalue weighted by atomic mass is 9.94. The zero-order valence-corrected chi connectivity index (χ0v) is 21.0. The lowest BCUT2D eigenvalue weighted by Gasteiger charge is -2.26. The fourth-order valence-electron chi connectivity index (χ4n) is 4.09. The molecule has 0 aliphatic carbocycles. The normalized spacial score (nSPS) is 12.8. The Morgan fingerprint density at radius 3 is 1.58 bits per heavy atom. The monoisotopic (exact) mass is 521 g/mol. The minimum Gasteiger partial charge on any atom is -0.465 e. The van der Waals surface area contributed by atoms with Gasteiger partial charge in [0.05, 0.1) is 68.0 Å². The highest BCUT2D eigenvalue weighted by molar-refractivity contribution is 7.20. The average Bonchev–Trinajstić information content (AvgIpc) is 3.43. The van der Waals surface area contributed by atoms with Crippen molar-refractivity contribution in [3.8, 4) is 0 Å². The van der Waals surface area contributed by atoms with Gasteiger partial charge in [-0.3, -0.25) is 4.79 Å². The van der Waals surface area contributed by atoms with Crippen LogP contribution in [0.2, 0.25) is 0 Å². The van der Waals surface area contributed by atoms with Gasteiger partial charge < -0.3 is 28.6 Å². The van der Waals surface area contributed by atoms with Gasteiger partial charge in [-0.1, -0.05) is 0 Å². The summed E-state index contributed by atoms with van der Waals surface area (Å²) in [6.45, 7) is 0.781. The molecule has 0 amide bonds. The molecule has 0 bridgehead atoms. The lowest BCUT2D eigenvalue weighted by Crippen LogP contribution is -2.30. The molecular weight excluding hydrogens is 498 g/mol. The first kappa shape index (κ1) is 26.6. The molecule has 0 atom stereocenters. The summed E-state index contributed by atoms with van der Waals surface area (Å²) in [5.74, 6) is -5.25. The van der Waals surface area contributed by atoms with Crippen molar-refractivity contribution in [1.29, 1.82) is 0 Å². The van der Waals surface area contributed by atoms with Crippen molar-refractivity contribution in [2.24, 2.45) is 0 Å². The molecule has 2 heterocycles. The Morgan fingerprint density at radius 1 is 0.639 bits per heavy atom. The summed E-state index contributed by atoms with van der Waals surface area (Å²) in [7, 11) is 5.26. The lowest BCUT2D eigenvalue weighted by molar-refractivity contribution is 0.0555. The highest BCUT2D eigenvalue weighted by Crippen LogP contribution is 2.41. The Bertz CT molecular complexity index is 1340. The Kier molecular flexibility index (Phi) is 7.93. The maximum Gasteiger partial charge on any atom is 0.349 e. The van der Waals surface area contributed by atoms with E-state index in [-0.39, 0.29) is 21.5 Å². The Hall–Kier alpha value is -4.00. The SMILES string of the molecule is COC(=O)c1sc2c(C(=O)OC)c(C(=O)OC)c(N3CCCC3)c(C(=O)OC)c2c(=O)c1C(=O)OC. The fourth-order valence-corrected chi connectivity index (χ4v) is 5.33. The predicted molar refractivity (Wildman–Crippen MR) is 126 cm³/mol. The van der Waals surface area contributed by atoms with E-state index in [9.17, 15) is 28.8 Å². The molecule has 0 unspecified atom stereocenters. The van der Waals surface area contributed by atoms with E-state index in [1.54, 1.807) is 4.90 Å². The van der Waals surface area contributed by atoms with Gasteiger partial charge in [0.1, 0.15) is 10.4 Å². The molecule has 1 aromatic carbocycles. The summed E-state index contributed by atoms with van der Waals surface area (Å²) < 4.78 is 23.9. The molecule has 192 valence electrons. The number of esters is 5. The number of nitrogens with zero attached hydrogens (tertiary/aromatic N) is 1. The molecule has 2 aromatic rings. The molecule has 0 spiro atoms. The van der Waals surface area contributed by atoms with Crippen LogP contribution in [0.15, 0.2) is 4.79 Å². The van der Waals surface area contributed by atoms with Crippen molar-refractivity contribution in [3.05, 3.63) is 37.4 Å². The Morgan fingerprint density at radius 2 is 1.08 bits per heavy atom. The largest absolute Gasteiger partial charge is 0.465 e. The van der Waals surface area contributed by atoms with Crippen molar-refractivity contribution in [1.82, 2.24) is 0 Å². The second kappa shape index (κ2) is 10.7. The molecule has 12 nitrogen and oxygen atoms in total. The first-order chi connectivity index (χ1) is 17.2. The van der Waals surface area contributed by atoms with Crippen LogP contribution in [0, 0.1) is 0 Å². The Balaban J connectivity index is 2.77. The van der Waals surface area contributed by atoms with Crippen LogP contribution in [0.3, 0.4) is 0 Å². The van der Waals surface area contributed by atoms with Gasteiger partial charge in [-0.05, 0) is 12.8 Å². The molecule has 0 saturated carbocycles. The van der Waals surface area contributed by atoms with Crippen LogP contribution in [0.5, 0.6) is 0 Å². The number of carbonyl (C=O) groups excluding carboxylic acids is 5. The minimum atomic E-state index is -1.16. The van der Waals surface area contributed by atoms with Gasteiger partial charge >= 0.3 is 29.8 Å². The minimum absolute atomic E-state index is 0.0648. The molecule has 36 heavy (non-hydrogen) atoms. The quantitative estimate of drug-likeness (QED) is 0.402. The number of carbonyl (C=O) groups is 5. The van der Waals surface area contributed by atoms with Crippen LogP contribution in [-0.2, 0) is 23.7 Å². The van der Waals surface area contributed by atoms with Crippen LogP contribution < -0.4 is 10.3 Å². The standard InChI is InChI=1S/C23H23NO11S/c1-31-19(26)10-12-16(25)14(22(29)34-4)18(23(30)35-5)36-17(12)13(21(28)33-3)11(20(27)32-2)15(10)24-8-6-7-9-24/h6-9H2,1-5H3. The molecular formula is C23H23NO11S. The Labute approximate surface area is 208 Å². The molecule has 0 N–H and O–H groups in total. The third kappa shape index (κ3) is 4.26. The number of ether oxygens (including phenoxy) is 5. The van der Waals surface area contributed by atoms with Gasteiger partial charge in [0.2, 0.25) is 5.43 Å². The number of rotatable bonds is 6. The summed E-state index contributed by atoms with van der Waals surface area (Å²) in [4.78, 5) is 79.4. The second-order valence-corrected chi connectivity index (χ2v) is 8.49. The van der Waals surface area contributed by atoms with Crippen LogP contribution in [0.4, 0.5) is 5.69 Å². The maximum atomic E-state index is 13.8. The highest BCUT2D eigenvalue weighted by atomic mass is 32.1. The van der Waals surface area contributed by atoms with E-state index >= 15 is 0 Å². The molecule has 1 aliphatic heterocycles. The summed E-state index contributed by atoms with van der Waals surface area (Å²) in [5.41, 5.74) is -2.94. The third-order valence-electron chi connectivity index (χ3n) is 5.66. The molecule has 3 rings (SSSR count). The molecule has 1 fully saturated rings. The van der Waals surface area contributed by atoms with E-state index in [2.05, 4.69) is 0 Å². The zero-order chi connectivity index (χ0) is 26.7. The maximum absolute atomic E-state index is 13.8. The topological polar surface area (TPSA) is 152 Å². The zero-order valence-electron chi connectivity index (χ0n) is 20.2. The summed E-state index contributed by atoms with van der Waals surface area (Å²) in [6.07, 6.45) is 1.41. The number of methoxy groups -OCH3 is 5. The van der Waals surface area contributed by atoms with Gasteiger partial charge in [-0.15, -0.1) is 11.3 Å². The van der Waals surface area contributed by atoms with Gasteiger partial charge in [-0.2, -0.15) is 0 Å². The number of benzene rings is 1. The van der Waals surface area contributed by atoms with E-state index in [1.807, 2.05) is 0 Å². The number of fused-ring (bicyclic) bond motifs is 1. The summed E-state index contributed by atoms with van der Waals surface area (Å²) >= 11 is 0.499. The van der Waals surface area contributed by atoms with Gasteiger partial charge in [0.25, 0.3) is 0 Å². The van der Waals surface area contributed by atoms with E-state index in [0.717, 1.165) is 35.5 Å². The smallest absolute Gasteiger partial charge is 0.349 e. The second-order valence-electron chi connectivity index (χ2n) is 7.47. The van der Waals surface area contributed by atoms with E-state index in [1.165, 1.54) is 0 Å². The molecule has 1 aromatic heterocycles. The van der Waals surface area contributed by atoms with E-state index in [0.29, 0.717) is 37.3 Å². The average molecular weight is 522 g/mol. The third-order valence-corrected chi connectivity index (χ3v) is 6.85. The van der Waals surface area contributed by atoms with Crippen LogP contribution in [0.25, 0.3) is 10.1 Å². The first-order valence-corrected chi connectivity index (χ1v) is 11.4. The van der Waals surface area contributed by atoms with E-state index in [4.69, 9.17) is 23.7 Å². The van der Waals surface area contributed by atoms with Gasteiger partial charge in [0.15, 0.2) is 0 Å². The van der Waals surface area contributed by atoms with Crippen molar-refractivity contribution in [3.63, 3.8) is 0 Å². The number of anilines is 1. The van der Waals surface area contributed by atoms with Crippen LogP contribution in [-0.4, -0.2) is 78.5 Å². The molecule has 0 radical (unpaired) electrons. The summed E-state index contributed by atoms with van der Waals surface area (Å²) in [6, 6.07) is 0. The molecule has 13 heteroatoms. The summed E-state index contributed by atoms with van der Waals surface area (Å²) in [5, 5.41) is -0.408. The first-order valence-electron chi connectivity index (χ1n) is 10.6. The molecule has 1 aliphatic rings. The van der Waals surface area contributed by atoms with Crippen molar-refractivity contribution in [2.45, 2.75) is 12.8 Å². The van der Waals surface area contributed by atoms with Crippen molar-refractivity contribution in [2.75, 3.05) is 53.5 Å². The highest BCUT2D eigenvalue weighted by Gasteiger charge is 2.38. The number of hydrogen-bond acceptors (Lipinski definition) is 13. The van der Waals surface area contributed by atoms with Crippen molar-refractivity contribution < 1.29 is 47.7 Å². The molecule has 1 saturated heterocycles. The number of hydrogen-bond donors (Lipinski definition) is 0. The predicted octanol–water partition coefficient (Wildman–Crippen LogP) is 1.79. The van der Waals surface area contributed by atoms with Gasteiger partial charge in [-0.25, -0.2) is 24.0 Å². The van der Waals surface area contributed by atoms with Crippen LogP contribution >= 0.6 is 11.3 Å². The van der Waals surface area contributed by atoms with E-state index < -0.39 is 56.7 Å².